The molecule has 1 aromatic heterocycles. The summed E-state index contributed by atoms with van der Waals surface area (Å²) in [5.41, 5.74) is 0. The second-order valence-electron chi connectivity index (χ2n) is 3.43. The van der Waals surface area contributed by atoms with E-state index in [1.54, 1.807) is 0 Å². The van der Waals surface area contributed by atoms with Crippen molar-refractivity contribution in [2.45, 2.75) is 33.2 Å². The zero-order valence-electron chi connectivity index (χ0n) is 9.70. The quantitative estimate of drug-likeness (QED) is 0.669. The molecular weight excluding hydrogens is 190 g/mol. The minimum atomic E-state index is 0.827. The molecule has 1 rings (SSSR count). The van der Waals surface area contributed by atoms with E-state index < -0.39 is 0 Å². The molecule has 4 nitrogen and oxygen atoms in total. The molecule has 0 aliphatic heterocycles. The van der Waals surface area contributed by atoms with E-state index in [0.29, 0.717) is 0 Å². The molecule has 1 aromatic rings. The Bertz CT molecular complexity index is 260. The van der Waals surface area contributed by atoms with Gasteiger partial charge in [-0.05, 0) is 19.8 Å². The fraction of sp³-hybridized carbons (Fsp3) is 0.727. The molecule has 0 aromatic carbocycles. The fourth-order valence-electron chi connectivity index (χ4n) is 1.35. The lowest BCUT2D eigenvalue weighted by atomic mass is 10.4. The number of hydrogen-bond acceptors (Lipinski definition) is 3. The van der Waals surface area contributed by atoms with E-state index in [-0.39, 0.29) is 0 Å². The Morgan fingerprint density at radius 2 is 2.27 bits per heavy atom. The molecule has 0 amide bonds. The monoisotopic (exact) mass is 211 g/mol. The standard InChI is InChI=1S/C11H21N3O/c1-3-9-15-10-5-6-12-11-13-7-8-14(11)4-2/h7-8H,3-6,9-10H2,1-2H3,(H,12,13). The van der Waals surface area contributed by atoms with Crippen molar-refractivity contribution in [1.82, 2.24) is 9.55 Å². The Balaban J connectivity index is 2.09. The summed E-state index contributed by atoms with van der Waals surface area (Å²) in [6.07, 6.45) is 5.92. The van der Waals surface area contributed by atoms with Gasteiger partial charge in [-0.25, -0.2) is 4.98 Å². The van der Waals surface area contributed by atoms with Crippen molar-refractivity contribution in [3.05, 3.63) is 12.4 Å². The molecular formula is C11H21N3O. The number of anilines is 1. The number of nitrogens with zero attached hydrogens (tertiary/aromatic N) is 2. The maximum atomic E-state index is 5.39. The van der Waals surface area contributed by atoms with Crippen LogP contribution in [-0.2, 0) is 11.3 Å². The van der Waals surface area contributed by atoms with Gasteiger partial charge in [0.2, 0.25) is 5.95 Å². The molecule has 0 saturated heterocycles. The van der Waals surface area contributed by atoms with Crippen molar-refractivity contribution in [2.24, 2.45) is 0 Å². The largest absolute Gasteiger partial charge is 0.381 e. The average molecular weight is 211 g/mol. The predicted molar refractivity (Wildman–Crippen MR) is 62.1 cm³/mol. The summed E-state index contributed by atoms with van der Waals surface area (Å²) in [4.78, 5) is 4.23. The minimum Gasteiger partial charge on any atom is -0.381 e. The first-order valence-electron chi connectivity index (χ1n) is 5.71. The van der Waals surface area contributed by atoms with Crippen LogP contribution in [0.3, 0.4) is 0 Å². The Labute approximate surface area is 91.7 Å². The number of nitrogens with one attached hydrogen (secondary N) is 1. The molecule has 0 radical (unpaired) electrons. The van der Waals surface area contributed by atoms with E-state index in [2.05, 4.69) is 28.7 Å². The molecule has 0 saturated carbocycles. The first-order chi connectivity index (χ1) is 7.38. The summed E-state index contributed by atoms with van der Waals surface area (Å²) in [5.74, 6) is 0.952. The molecule has 1 N–H and O–H groups in total. The van der Waals surface area contributed by atoms with E-state index in [0.717, 1.165) is 45.1 Å². The van der Waals surface area contributed by atoms with Gasteiger partial charge < -0.3 is 14.6 Å². The van der Waals surface area contributed by atoms with E-state index in [9.17, 15) is 0 Å². The number of aromatic nitrogens is 2. The molecule has 15 heavy (non-hydrogen) atoms. The minimum absolute atomic E-state index is 0.827. The molecule has 0 aliphatic carbocycles. The zero-order chi connectivity index (χ0) is 10.9. The summed E-state index contributed by atoms with van der Waals surface area (Å²) in [7, 11) is 0. The van der Waals surface area contributed by atoms with Crippen LogP contribution in [0.25, 0.3) is 0 Å². The molecule has 0 fully saturated rings. The third kappa shape index (κ3) is 4.34. The Kier molecular flexibility index (Phi) is 5.85. The van der Waals surface area contributed by atoms with Crippen LogP contribution in [0, 0.1) is 0 Å². The Morgan fingerprint density at radius 1 is 1.40 bits per heavy atom. The first kappa shape index (κ1) is 12.0. The van der Waals surface area contributed by atoms with E-state index in [1.165, 1.54) is 0 Å². The lowest BCUT2D eigenvalue weighted by molar-refractivity contribution is 0.134. The van der Waals surface area contributed by atoms with Gasteiger partial charge in [0.1, 0.15) is 0 Å². The van der Waals surface area contributed by atoms with Crippen LogP contribution in [-0.4, -0.2) is 29.3 Å². The van der Waals surface area contributed by atoms with E-state index >= 15 is 0 Å². The van der Waals surface area contributed by atoms with Gasteiger partial charge >= 0.3 is 0 Å². The molecule has 0 bridgehead atoms. The highest BCUT2D eigenvalue weighted by Crippen LogP contribution is 2.03. The number of imidazole rings is 1. The summed E-state index contributed by atoms with van der Waals surface area (Å²) in [6.45, 7) is 7.79. The lowest BCUT2D eigenvalue weighted by Crippen LogP contribution is -2.10. The van der Waals surface area contributed by atoms with E-state index in [4.69, 9.17) is 4.74 Å². The molecule has 0 aliphatic rings. The summed E-state index contributed by atoms with van der Waals surface area (Å²) < 4.78 is 7.48. The van der Waals surface area contributed by atoms with Crippen LogP contribution in [0.1, 0.15) is 26.7 Å². The van der Waals surface area contributed by atoms with Crippen LogP contribution in [0.2, 0.25) is 0 Å². The smallest absolute Gasteiger partial charge is 0.202 e. The lowest BCUT2D eigenvalue weighted by Gasteiger charge is -2.07. The summed E-state index contributed by atoms with van der Waals surface area (Å²) in [6, 6.07) is 0. The number of hydrogen-bond donors (Lipinski definition) is 1. The van der Waals surface area contributed by atoms with Crippen LogP contribution in [0.15, 0.2) is 12.4 Å². The molecule has 1 heterocycles. The molecule has 4 heteroatoms. The van der Waals surface area contributed by atoms with Crippen LogP contribution >= 0.6 is 0 Å². The van der Waals surface area contributed by atoms with Gasteiger partial charge in [-0.2, -0.15) is 0 Å². The van der Waals surface area contributed by atoms with Crippen molar-refractivity contribution in [2.75, 3.05) is 25.1 Å². The van der Waals surface area contributed by atoms with E-state index in [1.807, 2.05) is 12.4 Å². The topological polar surface area (TPSA) is 39.1 Å². The average Bonchev–Trinajstić information content (AvgIpc) is 2.70. The second-order valence-corrected chi connectivity index (χ2v) is 3.43. The zero-order valence-corrected chi connectivity index (χ0v) is 9.70. The second kappa shape index (κ2) is 7.29. The highest BCUT2D eigenvalue weighted by Gasteiger charge is 1.98. The van der Waals surface area contributed by atoms with Gasteiger partial charge in [0, 0.05) is 38.7 Å². The van der Waals surface area contributed by atoms with Crippen LogP contribution in [0.5, 0.6) is 0 Å². The van der Waals surface area contributed by atoms with Gasteiger partial charge in [0.05, 0.1) is 0 Å². The van der Waals surface area contributed by atoms with Crippen molar-refractivity contribution in [3.8, 4) is 0 Å². The summed E-state index contributed by atoms with van der Waals surface area (Å²) in [5, 5.41) is 3.29. The predicted octanol–water partition coefficient (Wildman–Crippen LogP) is 2.13. The highest BCUT2D eigenvalue weighted by molar-refractivity contribution is 5.25. The number of ether oxygens (including phenoxy) is 1. The third-order valence-electron chi connectivity index (χ3n) is 2.15. The van der Waals surface area contributed by atoms with Gasteiger partial charge in [-0.3, -0.25) is 0 Å². The summed E-state index contributed by atoms with van der Waals surface area (Å²) >= 11 is 0. The first-order valence-corrected chi connectivity index (χ1v) is 5.71. The molecule has 86 valence electrons. The third-order valence-corrected chi connectivity index (χ3v) is 2.15. The van der Waals surface area contributed by atoms with Gasteiger partial charge in [-0.15, -0.1) is 0 Å². The fourth-order valence-corrected chi connectivity index (χ4v) is 1.35. The van der Waals surface area contributed by atoms with Gasteiger partial charge in [0.15, 0.2) is 0 Å². The maximum absolute atomic E-state index is 5.39. The Hall–Kier alpha value is -1.03. The maximum Gasteiger partial charge on any atom is 0.202 e. The highest BCUT2D eigenvalue weighted by atomic mass is 16.5. The van der Waals surface area contributed by atoms with Crippen molar-refractivity contribution in [3.63, 3.8) is 0 Å². The number of rotatable bonds is 8. The van der Waals surface area contributed by atoms with Gasteiger partial charge in [-0.1, -0.05) is 6.92 Å². The van der Waals surface area contributed by atoms with Gasteiger partial charge in [0.25, 0.3) is 0 Å². The normalized spacial score (nSPS) is 10.5. The molecule has 0 unspecified atom stereocenters. The Morgan fingerprint density at radius 3 is 3.00 bits per heavy atom. The van der Waals surface area contributed by atoms with Crippen molar-refractivity contribution in [1.29, 1.82) is 0 Å². The van der Waals surface area contributed by atoms with Crippen molar-refractivity contribution >= 4 is 5.95 Å². The molecule has 0 atom stereocenters. The van der Waals surface area contributed by atoms with Crippen molar-refractivity contribution < 1.29 is 4.74 Å². The van der Waals surface area contributed by atoms with Crippen LogP contribution < -0.4 is 5.32 Å². The SMILES string of the molecule is CCCOCCCNc1nccn1CC. The molecule has 0 spiro atoms. The number of aryl methyl sites for hydroxylation is 1. The van der Waals surface area contributed by atoms with Crippen LogP contribution in [0.4, 0.5) is 5.95 Å².